The molecule has 140 valence electrons. The van der Waals surface area contributed by atoms with Crippen molar-refractivity contribution < 1.29 is 13.8 Å². The second-order valence-electron chi connectivity index (χ2n) is 6.62. The predicted octanol–water partition coefficient (Wildman–Crippen LogP) is 4.73. The van der Waals surface area contributed by atoms with E-state index in [0.29, 0.717) is 24.9 Å². The smallest absolute Gasteiger partial charge is 0.259 e. The monoisotopic (exact) mass is 358 g/mol. The molecule has 1 rings (SSSR count). The van der Waals surface area contributed by atoms with Gasteiger partial charge in [0.15, 0.2) is 0 Å². The first-order valence-electron chi connectivity index (χ1n) is 9.42. The Morgan fingerprint density at radius 3 is 2.42 bits per heavy atom. The van der Waals surface area contributed by atoms with Crippen molar-refractivity contribution in [2.45, 2.75) is 72.5 Å². The highest BCUT2D eigenvalue weighted by Gasteiger charge is 2.39. The van der Waals surface area contributed by atoms with Crippen LogP contribution in [0.3, 0.4) is 0 Å². The highest BCUT2D eigenvalue weighted by molar-refractivity contribution is 7.44. The molecule has 5 nitrogen and oxygen atoms in total. The van der Waals surface area contributed by atoms with Gasteiger partial charge in [-0.05, 0) is 31.1 Å². The van der Waals surface area contributed by atoms with Crippen LogP contribution in [0.4, 0.5) is 0 Å². The van der Waals surface area contributed by atoms with Gasteiger partial charge in [-0.3, -0.25) is 0 Å². The minimum atomic E-state index is -1.15. The number of ether oxygens (including phenoxy) is 1. The molecule has 0 aromatic rings. The standard InChI is InChI=1S/C18H35N2O3P/c1-6-11-20(12-7-2)24(22-13-9-10-19)23-18-16(5)15(4)14-21-17(18)8-3/h15-18H,6-9,11-14H2,1-5H3/t15-,16?,17-,18+,24?/m1/s1. The summed E-state index contributed by atoms with van der Waals surface area (Å²) in [5.74, 6) is 0.929. The van der Waals surface area contributed by atoms with Crippen LogP contribution in [0.1, 0.15) is 60.3 Å². The van der Waals surface area contributed by atoms with Crippen molar-refractivity contribution in [1.29, 1.82) is 5.26 Å². The Morgan fingerprint density at radius 1 is 1.21 bits per heavy atom. The predicted molar refractivity (Wildman–Crippen MR) is 98.5 cm³/mol. The van der Waals surface area contributed by atoms with Gasteiger partial charge >= 0.3 is 0 Å². The molecule has 24 heavy (non-hydrogen) atoms. The lowest BCUT2D eigenvalue weighted by Gasteiger charge is -2.42. The van der Waals surface area contributed by atoms with Crippen molar-refractivity contribution in [3.05, 3.63) is 0 Å². The van der Waals surface area contributed by atoms with Gasteiger partial charge in [0.1, 0.15) is 0 Å². The maximum Gasteiger partial charge on any atom is 0.259 e. The molecule has 6 heteroatoms. The molecule has 1 aliphatic heterocycles. The number of hydrogen-bond donors (Lipinski definition) is 0. The van der Waals surface area contributed by atoms with Gasteiger partial charge in [0.25, 0.3) is 8.53 Å². The second-order valence-corrected chi connectivity index (χ2v) is 8.13. The summed E-state index contributed by atoms with van der Waals surface area (Å²) in [5, 5.41) is 8.81. The molecular formula is C18H35N2O3P. The van der Waals surface area contributed by atoms with Gasteiger partial charge in [-0.25, -0.2) is 4.67 Å². The lowest BCUT2D eigenvalue weighted by atomic mass is 9.85. The van der Waals surface area contributed by atoms with Crippen molar-refractivity contribution in [2.24, 2.45) is 11.8 Å². The van der Waals surface area contributed by atoms with Crippen LogP contribution in [0.15, 0.2) is 0 Å². The largest absolute Gasteiger partial charge is 0.375 e. The van der Waals surface area contributed by atoms with E-state index in [4.69, 9.17) is 19.0 Å². The summed E-state index contributed by atoms with van der Waals surface area (Å²) in [6, 6.07) is 2.15. The SMILES string of the molecule is CCCN(CCC)P(OCCC#N)O[C@H]1C(C)[C@H](C)CO[C@@H]1CC. The summed E-state index contributed by atoms with van der Waals surface area (Å²) in [6.07, 6.45) is 3.67. The number of nitriles is 1. The molecule has 0 aromatic carbocycles. The van der Waals surface area contributed by atoms with E-state index in [1.165, 1.54) is 0 Å². The maximum absolute atomic E-state index is 8.81. The molecule has 1 heterocycles. The van der Waals surface area contributed by atoms with E-state index in [1.807, 2.05) is 0 Å². The van der Waals surface area contributed by atoms with Gasteiger partial charge < -0.3 is 13.8 Å². The Kier molecular flexibility index (Phi) is 11.1. The zero-order chi connectivity index (χ0) is 17.9. The van der Waals surface area contributed by atoms with E-state index in [-0.39, 0.29) is 12.2 Å². The fourth-order valence-electron chi connectivity index (χ4n) is 2.94. The van der Waals surface area contributed by atoms with E-state index < -0.39 is 8.53 Å². The Labute approximate surface area is 149 Å². The van der Waals surface area contributed by atoms with Crippen molar-refractivity contribution in [2.75, 3.05) is 26.3 Å². The average molecular weight is 358 g/mol. The van der Waals surface area contributed by atoms with Gasteiger partial charge in [-0.15, -0.1) is 0 Å². The van der Waals surface area contributed by atoms with Gasteiger partial charge in [0, 0.05) is 19.7 Å². The van der Waals surface area contributed by atoms with Crippen LogP contribution >= 0.6 is 8.53 Å². The molecule has 1 saturated heterocycles. The minimum absolute atomic E-state index is 0.0585. The number of nitrogens with zero attached hydrogens (tertiary/aromatic N) is 2. The van der Waals surface area contributed by atoms with E-state index in [9.17, 15) is 0 Å². The Morgan fingerprint density at radius 2 is 1.88 bits per heavy atom. The Balaban J connectivity index is 2.84. The van der Waals surface area contributed by atoms with E-state index >= 15 is 0 Å². The first-order valence-corrected chi connectivity index (χ1v) is 10.5. The molecule has 0 aromatic heterocycles. The highest BCUT2D eigenvalue weighted by atomic mass is 31.2. The molecule has 0 radical (unpaired) electrons. The normalized spacial score (nSPS) is 28.7. The molecule has 0 amide bonds. The molecule has 0 aliphatic carbocycles. The van der Waals surface area contributed by atoms with Crippen LogP contribution in [0.2, 0.25) is 0 Å². The van der Waals surface area contributed by atoms with E-state index in [1.54, 1.807) is 0 Å². The second kappa shape index (κ2) is 12.2. The molecule has 2 unspecified atom stereocenters. The summed E-state index contributed by atoms with van der Waals surface area (Å²) < 4.78 is 20.9. The minimum Gasteiger partial charge on any atom is -0.375 e. The molecule has 5 atom stereocenters. The third kappa shape index (κ3) is 6.58. The molecule has 0 saturated carbocycles. The van der Waals surface area contributed by atoms with Crippen LogP contribution in [0.25, 0.3) is 0 Å². The molecule has 0 bridgehead atoms. The summed E-state index contributed by atoms with van der Waals surface area (Å²) in [4.78, 5) is 0. The fraction of sp³-hybridized carbons (Fsp3) is 0.944. The van der Waals surface area contributed by atoms with Crippen molar-refractivity contribution in [1.82, 2.24) is 4.67 Å². The number of hydrogen-bond acceptors (Lipinski definition) is 5. The van der Waals surface area contributed by atoms with Gasteiger partial charge in [0.2, 0.25) is 0 Å². The van der Waals surface area contributed by atoms with E-state index in [0.717, 1.165) is 39.0 Å². The quantitative estimate of drug-likeness (QED) is 0.395. The Bertz CT molecular complexity index is 370. The summed E-state index contributed by atoms with van der Waals surface area (Å²) in [5.41, 5.74) is 0. The van der Waals surface area contributed by atoms with Gasteiger partial charge in [0.05, 0.1) is 31.3 Å². The highest BCUT2D eigenvalue weighted by Crippen LogP contribution is 2.47. The molecular weight excluding hydrogens is 323 g/mol. The van der Waals surface area contributed by atoms with Gasteiger partial charge in [-0.2, -0.15) is 5.26 Å². The molecule has 1 fully saturated rings. The van der Waals surface area contributed by atoms with Crippen LogP contribution < -0.4 is 0 Å². The van der Waals surface area contributed by atoms with Crippen LogP contribution in [-0.4, -0.2) is 43.2 Å². The lowest BCUT2D eigenvalue weighted by Crippen LogP contribution is -2.45. The summed E-state index contributed by atoms with van der Waals surface area (Å²) in [6.45, 7) is 14.1. The number of rotatable bonds is 11. The topological polar surface area (TPSA) is 54.7 Å². The molecule has 0 N–H and O–H groups in total. The van der Waals surface area contributed by atoms with Crippen LogP contribution in [0.5, 0.6) is 0 Å². The van der Waals surface area contributed by atoms with Gasteiger partial charge in [-0.1, -0.05) is 34.6 Å². The zero-order valence-corrected chi connectivity index (χ0v) is 16.9. The first-order chi connectivity index (χ1) is 11.6. The van der Waals surface area contributed by atoms with Crippen LogP contribution in [-0.2, 0) is 13.8 Å². The zero-order valence-electron chi connectivity index (χ0n) is 16.0. The third-order valence-corrected chi connectivity index (χ3v) is 6.27. The third-order valence-electron chi connectivity index (χ3n) is 4.58. The lowest BCUT2D eigenvalue weighted by molar-refractivity contribution is -0.117. The van der Waals surface area contributed by atoms with Crippen molar-refractivity contribution >= 4 is 8.53 Å². The maximum atomic E-state index is 8.81. The molecule has 1 aliphatic rings. The molecule has 0 spiro atoms. The summed E-state index contributed by atoms with van der Waals surface area (Å²) >= 11 is 0. The van der Waals surface area contributed by atoms with E-state index in [2.05, 4.69) is 45.4 Å². The van der Waals surface area contributed by atoms with Crippen molar-refractivity contribution in [3.8, 4) is 6.07 Å². The first kappa shape index (κ1) is 21.8. The summed E-state index contributed by atoms with van der Waals surface area (Å²) in [7, 11) is -1.15. The van der Waals surface area contributed by atoms with Crippen molar-refractivity contribution in [3.63, 3.8) is 0 Å². The fourth-order valence-corrected chi connectivity index (χ4v) is 4.81. The average Bonchev–Trinajstić information content (AvgIpc) is 2.58. The van der Waals surface area contributed by atoms with Crippen LogP contribution in [0, 0.1) is 23.2 Å². The Hall–Kier alpha value is -0.240.